The van der Waals surface area contributed by atoms with Crippen molar-refractivity contribution >= 4 is 29.9 Å². The Bertz CT molecular complexity index is 805. The van der Waals surface area contributed by atoms with Gasteiger partial charge in [0.05, 0.1) is 17.2 Å². The van der Waals surface area contributed by atoms with Gasteiger partial charge in [-0.05, 0) is 31.4 Å². The van der Waals surface area contributed by atoms with Gasteiger partial charge < -0.3 is 15.0 Å². The molecule has 0 spiro atoms. The lowest BCUT2D eigenvalue weighted by molar-refractivity contribution is -0.121. The maximum Gasteiger partial charge on any atom is 0.317 e. The molecule has 0 fully saturated rings. The fraction of sp³-hybridized carbons (Fsp3) is 0.450. The van der Waals surface area contributed by atoms with E-state index < -0.39 is 17.9 Å². The molecule has 0 bridgehead atoms. The van der Waals surface area contributed by atoms with Crippen LogP contribution in [0.4, 0.5) is 4.79 Å². The Kier molecular flexibility index (Phi) is 7.03. The van der Waals surface area contributed by atoms with E-state index >= 15 is 0 Å². The molecule has 28 heavy (non-hydrogen) atoms. The molecule has 1 aromatic rings. The minimum Gasteiger partial charge on any atom is -0.338 e. The maximum atomic E-state index is 13.0. The smallest absolute Gasteiger partial charge is 0.317 e. The van der Waals surface area contributed by atoms with Crippen LogP contribution in [0.25, 0.3) is 0 Å². The molecule has 1 atom stereocenters. The molecule has 1 N–H and O–H groups in total. The van der Waals surface area contributed by atoms with Crippen LogP contribution in [-0.2, 0) is 16.1 Å². The van der Waals surface area contributed by atoms with Crippen molar-refractivity contribution in [2.45, 2.75) is 45.7 Å². The number of hydrogen-bond acceptors (Lipinski definition) is 5. The number of aldehydes is 1. The molecule has 0 saturated heterocycles. The van der Waals surface area contributed by atoms with Crippen molar-refractivity contribution in [3.8, 4) is 0 Å². The third kappa shape index (κ3) is 4.27. The summed E-state index contributed by atoms with van der Waals surface area (Å²) >= 11 is 0. The fourth-order valence-corrected chi connectivity index (χ4v) is 3.22. The van der Waals surface area contributed by atoms with E-state index in [1.54, 1.807) is 19.2 Å². The van der Waals surface area contributed by atoms with Gasteiger partial charge in [-0.25, -0.2) is 4.79 Å². The Morgan fingerprint density at radius 3 is 2.57 bits per heavy atom. The number of rotatable bonds is 9. The minimum absolute atomic E-state index is 0.0743. The van der Waals surface area contributed by atoms with Crippen LogP contribution in [0.2, 0.25) is 0 Å². The number of Topliss-reactive ketones (excluding diaryl/α,β-unsaturated/α-hetero) is 1. The van der Waals surface area contributed by atoms with Crippen LogP contribution in [0.3, 0.4) is 0 Å². The first kappa shape index (κ1) is 21.3. The zero-order valence-electron chi connectivity index (χ0n) is 16.4. The molecule has 8 nitrogen and oxygen atoms in total. The molecule has 4 amide bonds. The summed E-state index contributed by atoms with van der Waals surface area (Å²) in [6, 6.07) is 3.62. The predicted molar refractivity (Wildman–Crippen MR) is 102 cm³/mol. The highest BCUT2D eigenvalue weighted by atomic mass is 16.2. The van der Waals surface area contributed by atoms with Crippen molar-refractivity contribution in [3.05, 3.63) is 34.9 Å². The summed E-state index contributed by atoms with van der Waals surface area (Å²) in [5, 5.41) is 2.75. The zero-order valence-corrected chi connectivity index (χ0v) is 16.4. The highest BCUT2D eigenvalue weighted by Crippen LogP contribution is 2.29. The highest BCUT2D eigenvalue weighted by Gasteiger charge is 2.42. The van der Waals surface area contributed by atoms with Crippen molar-refractivity contribution in [1.82, 2.24) is 15.1 Å². The van der Waals surface area contributed by atoms with Crippen molar-refractivity contribution in [3.63, 3.8) is 0 Å². The molecule has 8 heteroatoms. The summed E-state index contributed by atoms with van der Waals surface area (Å²) in [4.78, 5) is 63.0. The Hall–Kier alpha value is -3.03. The summed E-state index contributed by atoms with van der Waals surface area (Å²) in [6.45, 7) is 3.92. The second-order valence-corrected chi connectivity index (χ2v) is 6.78. The lowest BCUT2D eigenvalue weighted by Gasteiger charge is -2.23. The molecule has 150 valence electrons. The van der Waals surface area contributed by atoms with Gasteiger partial charge in [-0.1, -0.05) is 19.1 Å². The Morgan fingerprint density at radius 2 is 1.96 bits per heavy atom. The van der Waals surface area contributed by atoms with E-state index in [2.05, 4.69) is 5.32 Å². The van der Waals surface area contributed by atoms with Crippen molar-refractivity contribution in [2.75, 3.05) is 13.6 Å². The van der Waals surface area contributed by atoms with E-state index in [-0.39, 0.29) is 42.3 Å². The van der Waals surface area contributed by atoms with Gasteiger partial charge >= 0.3 is 6.03 Å². The van der Waals surface area contributed by atoms with Gasteiger partial charge in [0.1, 0.15) is 6.29 Å². The van der Waals surface area contributed by atoms with Crippen LogP contribution in [0.15, 0.2) is 18.2 Å². The molecule has 1 aliphatic heterocycles. The first-order chi connectivity index (χ1) is 13.3. The number of imide groups is 1. The minimum atomic E-state index is -0.976. The fourth-order valence-electron chi connectivity index (χ4n) is 3.22. The summed E-state index contributed by atoms with van der Waals surface area (Å²) < 4.78 is 0. The number of hydrogen-bond donors (Lipinski definition) is 1. The van der Waals surface area contributed by atoms with Crippen LogP contribution in [0.5, 0.6) is 0 Å². The zero-order chi connectivity index (χ0) is 20.8. The van der Waals surface area contributed by atoms with E-state index in [1.165, 1.54) is 17.9 Å². The average molecular weight is 387 g/mol. The van der Waals surface area contributed by atoms with Gasteiger partial charge in [0, 0.05) is 26.6 Å². The Balaban J connectivity index is 2.31. The topological polar surface area (TPSA) is 104 Å². The van der Waals surface area contributed by atoms with Crippen molar-refractivity contribution in [1.29, 1.82) is 0 Å². The number of benzene rings is 1. The predicted octanol–water partition coefficient (Wildman–Crippen LogP) is 1.77. The van der Waals surface area contributed by atoms with Gasteiger partial charge in [-0.2, -0.15) is 0 Å². The number of amides is 4. The standard InChI is InChI=1S/C20H25N3O5/c1-4-10-21-20(28)22(3)12-14-7-5-8-15-17(14)19(27)23(18(15)26)16(13(2)25)9-6-11-24/h5,7-8,11,16H,4,6,9-10,12H2,1-3H3,(H,21,28). The number of carbonyl (C=O) groups excluding carboxylic acids is 5. The molecule has 1 aromatic carbocycles. The number of carbonyl (C=O) groups is 5. The summed E-state index contributed by atoms with van der Waals surface area (Å²) in [5.74, 6) is -1.47. The first-order valence-corrected chi connectivity index (χ1v) is 9.26. The molecule has 0 saturated carbocycles. The Labute approximate surface area is 163 Å². The van der Waals surface area contributed by atoms with E-state index in [9.17, 15) is 24.0 Å². The van der Waals surface area contributed by atoms with Crippen LogP contribution >= 0.6 is 0 Å². The van der Waals surface area contributed by atoms with Crippen molar-refractivity contribution in [2.24, 2.45) is 0 Å². The van der Waals surface area contributed by atoms with Gasteiger partial charge in [-0.15, -0.1) is 0 Å². The van der Waals surface area contributed by atoms with Crippen LogP contribution in [-0.4, -0.2) is 59.3 Å². The molecule has 0 aromatic heterocycles. The van der Waals surface area contributed by atoms with E-state index in [0.717, 1.165) is 11.3 Å². The lowest BCUT2D eigenvalue weighted by atomic mass is 10.0. The van der Waals surface area contributed by atoms with Gasteiger partial charge in [0.15, 0.2) is 5.78 Å². The van der Waals surface area contributed by atoms with Gasteiger partial charge in [0.2, 0.25) is 0 Å². The average Bonchev–Trinajstić information content (AvgIpc) is 2.92. The van der Waals surface area contributed by atoms with Crippen molar-refractivity contribution < 1.29 is 24.0 Å². The number of fused-ring (bicyclic) bond motifs is 1. The van der Waals surface area contributed by atoms with E-state index in [4.69, 9.17) is 0 Å². The van der Waals surface area contributed by atoms with Gasteiger partial charge in [0.25, 0.3) is 11.8 Å². The number of nitrogens with one attached hydrogen (secondary N) is 1. The van der Waals surface area contributed by atoms with Gasteiger partial charge in [-0.3, -0.25) is 19.3 Å². The first-order valence-electron chi connectivity index (χ1n) is 9.26. The SMILES string of the molecule is CCCNC(=O)N(C)Cc1cccc2c1C(=O)N(C(CCC=O)C(C)=O)C2=O. The highest BCUT2D eigenvalue weighted by molar-refractivity contribution is 6.23. The molecular weight excluding hydrogens is 362 g/mol. The molecule has 1 unspecified atom stereocenters. The van der Waals surface area contributed by atoms with E-state index in [1.807, 2.05) is 6.92 Å². The number of ketones is 1. The molecule has 1 heterocycles. The van der Waals surface area contributed by atoms with E-state index in [0.29, 0.717) is 18.4 Å². The van der Waals surface area contributed by atoms with Crippen LogP contribution < -0.4 is 5.32 Å². The molecule has 2 rings (SSSR count). The maximum absolute atomic E-state index is 13.0. The monoisotopic (exact) mass is 387 g/mol. The summed E-state index contributed by atoms with van der Waals surface area (Å²) in [5.41, 5.74) is 0.951. The molecule has 0 radical (unpaired) electrons. The third-order valence-electron chi connectivity index (χ3n) is 4.65. The van der Waals surface area contributed by atoms with Crippen LogP contribution in [0.1, 0.15) is 59.4 Å². The van der Waals surface area contributed by atoms with Crippen LogP contribution in [0, 0.1) is 0 Å². The second-order valence-electron chi connectivity index (χ2n) is 6.78. The summed E-state index contributed by atoms with van der Waals surface area (Å²) in [7, 11) is 1.60. The quantitative estimate of drug-likeness (QED) is 0.514. The Morgan fingerprint density at radius 1 is 1.25 bits per heavy atom. The second kappa shape index (κ2) is 9.25. The number of urea groups is 1. The molecule has 1 aliphatic rings. The third-order valence-corrected chi connectivity index (χ3v) is 4.65. The molecule has 0 aliphatic carbocycles. The normalized spacial score (nSPS) is 13.9. The summed E-state index contributed by atoms with van der Waals surface area (Å²) in [6.07, 6.45) is 1.63. The largest absolute Gasteiger partial charge is 0.338 e. The molecular formula is C20H25N3O5. The number of nitrogens with zero attached hydrogens (tertiary/aromatic N) is 2. The lowest BCUT2D eigenvalue weighted by Crippen LogP contribution is -2.44.